The maximum absolute atomic E-state index is 13.4. The Morgan fingerprint density at radius 3 is 2.61 bits per heavy atom. The molecule has 28 heavy (non-hydrogen) atoms. The molecule has 1 aromatic heterocycles. The van der Waals surface area contributed by atoms with E-state index in [1.165, 1.54) is 6.07 Å². The van der Waals surface area contributed by atoms with Crippen LogP contribution in [0.15, 0.2) is 29.4 Å². The zero-order valence-corrected chi connectivity index (χ0v) is 19.1. The van der Waals surface area contributed by atoms with E-state index in [4.69, 9.17) is 9.47 Å². The van der Waals surface area contributed by atoms with Crippen LogP contribution in [-0.4, -0.2) is 57.5 Å². The normalized spacial score (nSPS) is 11.5. The van der Waals surface area contributed by atoms with E-state index >= 15 is 0 Å². The highest BCUT2D eigenvalue weighted by molar-refractivity contribution is 14.0. The topological polar surface area (TPSA) is 70.7 Å². The molecule has 1 heterocycles. The number of hydrogen-bond acceptors (Lipinski definition) is 3. The largest absolute Gasteiger partial charge is 0.379 e. The van der Waals surface area contributed by atoms with Crippen LogP contribution in [0.25, 0.3) is 10.9 Å². The van der Waals surface area contributed by atoms with Gasteiger partial charge in [-0.15, -0.1) is 24.0 Å². The van der Waals surface area contributed by atoms with E-state index in [0.29, 0.717) is 32.9 Å². The lowest BCUT2D eigenvalue weighted by Crippen LogP contribution is -2.39. The molecule has 6 nitrogen and oxygen atoms in total. The maximum Gasteiger partial charge on any atom is 0.191 e. The Labute approximate surface area is 183 Å². The predicted octanol–water partition coefficient (Wildman–Crippen LogP) is 3.47. The van der Waals surface area contributed by atoms with Gasteiger partial charge in [0.25, 0.3) is 0 Å². The first-order valence-electron chi connectivity index (χ1n) is 9.60. The van der Waals surface area contributed by atoms with Gasteiger partial charge in [-0.2, -0.15) is 0 Å². The van der Waals surface area contributed by atoms with Crippen molar-refractivity contribution < 1.29 is 13.9 Å². The number of nitrogens with zero attached hydrogens (tertiary/aromatic N) is 1. The molecule has 0 fully saturated rings. The summed E-state index contributed by atoms with van der Waals surface area (Å²) in [6.45, 7) is 6.17. The average Bonchev–Trinajstić information content (AvgIpc) is 3.07. The zero-order valence-electron chi connectivity index (χ0n) is 16.7. The Morgan fingerprint density at radius 1 is 1.11 bits per heavy atom. The molecule has 3 N–H and O–H groups in total. The molecule has 2 aromatic rings. The number of nitrogens with one attached hydrogen (secondary N) is 3. The number of ether oxygens (including phenoxy) is 2. The molecule has 158 valence electrons. The van der Waals surface area contributed by atoms with Gasteiger partial charge in [0.1, 0.15) is 5.82 Å². The van der Waals surface area contributed by atoms with Crippen molar-refractivity contribution in [3.8, 4) is 0 Å². The molecule has 2 rings (SSSR count). The smallest absolute Gasteiger partial charge is 0.191 e. The SMILES string of the molecule is CCCCOCCOCCNC(=NC)NCCc1c[nH]c2ccc(F)cc12.I. The third-order valence-corrected chi connectivity index (χ3v) is 4.19. The lowest BCUT2D eigenvalue weighted by molar-refractivity contribution is 0.0487. The van der Waals surface area contributed by atoms with Gasteiger partial charge in [0.15, 0.2) is 5.96 Å². The summed E-state index contributed by atoms with van der Waals surface area (Å²) >= 11 is 0. The van der Waals surface area contributed by atoms with Gasteiger partial charge < -0.3 is 25.1 Å². The molecule has 0 spiro atoms. The standard InChI is InChI=1S/C20H31FN4O2.HI/c1-3-4-10-26-12-13-27-11-9-24-20(22-2)23-8-7-16-15-25-19-6-5-17(21)14-18(16)19;/h5-6,14-15,25H,3-4,7-13H2,1-2H3,(H2,22,23,24);1H. The van der Waals surface area contributed by atoms with Crippen molar-refractivity contribution in [2.24, 2.45) is 4.99 Å². The van der Waals surface area contributed by atoms with Crippen LogP contribution in [-0.2, 0) is 15.9 Å². The Kier molecular flexibility index (Phi) is 12.8. The Bertz CT molecular complexity index is 709. The van der Waals surface area contributed by atoms with Crippen molar-refractivity contribution in [2.45, 2.75) is 26.2 Å². The number of benzene rings is 1. The second-order valence-electron chi connectivity index (χ2n) is 6.26. The van der Waals surface area contributed by atoms with Gasteiger partial charge in [0, 0.05) is 43.8 Å². The summed E-state index contributed by atoms with van der Waals surface area (Å²) in [5, 5.41) is 7.40. The molecule has 0 aliphatic rings. The van der Waals surface area contributed by atoms with E-state index in [1.54, 1.807) is 19.2 Å². The number of rotatable bonds is 12. The molecule has 0 saturated carbocycles. The predicted molar refractivity (Wildman–Crippen MR) is 123 cm³/mol. The van der Waals surface area contributed by atoms with Gasteiger partial charge in [0.2, 0.25) is 0 Å². The Morgan fingerprint density at radius 2 is 1.86 bits per heavy atom. The van der Waals surface area contributed by atoms with Crippen molar-refractivity contribution in [3.63, 3.8) is 0 Å². The fourth-order valence-corrected chi connectivity index (χ4v) is 2.70. The minimum absolute atomic E-state index is 0. The minimum atomic E-state index is -0.218. The second-order valence-corrected chi connectivity index (χ2v) is 6.26. The molecule has 0 atom stereocenters. The van der Waals surface area contributed by atoms with Gasteiger partial charge in [-0.3, -0.25) is 4.99 Å². The van der Waals surface area contributed by atoms with Crippen molar-refractivity contribution >= 4 is 40.8 Å². The molecule has 1 aromatic carbocycles. The third kappa shape index (κ3) is 8.74. The number of fused-ring (bicyclic) bond motifs is 1. The van der Waals surface area contributed by atoms with E-state index in [2.05, 4.69) is 27.5 Å². The summed E-state index contributed by atoms with van der Waals surface area (Å²) in [6, 6.07) is 4.79. The third-order valence-electron chi connectivity index (χ3n) is 4.19. The monoisotopic (exact) mass is 506 g/mol. The van der Waals surface area contributed by atoms with Crippen molar-refractivity contribution in [2.75, 3.05) is 46.6 Å². The highest BCUT2D eigenvalue weighted by Gasteiger charge is 2.05. The number of H-pyrrole nitrogens is 1. The van der Waals surface area contributed by atoms with E-state index in [-0.39, 0.29) is 29.8 Å². The summed E-state index contributed by atoms with van der Waals surface area (Å²) in [5.74, 6) is 0.508. The van der Waals surface area contributed by atoms with E-state index < -0.39 is 0 Å². The molecule has 0 saturated heterocycles. The van der Waals surface area contributed by atoms with Crippen LogP contribution in [0.5, 0.6) is 0 Å². The lowest BCUT2D eigenvalue weighted by atomic mass is 10.1. The first-order valence-corrected chi connectivity index (χ1v) is 9.60. The van der Waals surface area contributed by atoms with Crippen LogP contribution in [0.4, 0.5) is 4.39 Å². The number of unbranched alkanes of at least 4 members (excludes halogenated alkanes) is 1. The molecule has 0 aliphatic carbocycles. The van der Waals surface area contributed by atoms with Gasteiger partial charge >= 0.3 is 0 Å². The summed E-state index contributed by atoms with van der Waals surface area (Å²) in [4.78, 5) is 7.37. The van der Waals surface area contributed by atoms with E-state index in [1.807, 2.05) is 6.20 Å². The van der Waals surface area contributed by atoms with Crippen LogP contribution in [0.3, 0.4) is 0 Å². The number of hydrogen-bond donors (Lipinski definition) is 3. The molecule has 0 unspecified atom stereocenters. The zero-order chi connectivity index (χ0) is 19.3. The molecule has 8 heteroatoms. The van der Waals surface area contributed by atoms with Crippen LogP contribution < -0.4 is 10.6 Å². The summed E-state index contributed by atoms with van der Waals surface area (Å²) in [6.07, 6.45) is 4.94. The maximum atomic E-state index is 13.4. The fourth-order valence-electron chi connectivity index (χ4n) is 2.70. The van der Waals surface area contributed by atoms with Gasteiger partial charge in [-0.25, -0.2) is 4.39 Å². The molecule has 0 amide bonds. The van der Waals surface area contributed by atoms with Crippen LogP contribution in [0, 0.1) is 5.82 Å². The molecule has 0 aliphatic heterocycles. The molecular weight excluding hydrogens is 474 g/mol. The number of guanidine groups is 1. The highest BCUT2D eigenvalue weighted by Crippen LogP contribution is 2.19. The number of halogens is 2. The van der Waals surface area contributed by atoms with Crippen LogP contribution in [0.2, 0.25) is 0 Å². The quantitative estimate of drug-likeness (QED) is 0.179. The number of aromatic amines is 1. The Hall–Kier alpha value is -1.39. The van der Waals surface area contributed by atoms with Crippen molar-refractivity contribution in [1.82, 2.24) is 15.6 Å². The van der Waals surface area contributed by atoms with Crippen LogP contribution in [0.1, 0.15) is 25.3 Å². The van der Waals surface area contributed by atoms with Crippen molar-refractivity contribution in [3.05, 3.63) is 35.8 Å². The van der Waals surface area contributed by atoms with Gasteiger partial charge in [-0.05, 0) is 36.6 Å². The second kappa shape index (κ2) is 14.6. The first kappa shape index (κ1) is 24.6. The van der Waals surface area contributed by atoms with Crippen molar-refractivity contribution in [1.29, 1.82) is 0 Å². The molecule has 0 bridgehead atoms. The lowest BCUT2D eigenvalue weighted by Gasteiger charge is -2.12. The summed E-state index contributed by atoms with van der Waals surface area (Å²) < 4.78 is 24.4. The Balaban J connectivity index is 0.00000392. The van der Waals surface area contributed by atoms with Crippen LogP contribution >= 0.6 is 24.0 Å². The first-order chi connectivity index (χ1) is 13.2. The summed E-state index contributed by atoms with van der Waals surface area (Å²) in [5.41, 5.74) is 2.03. The van der Waals surface area contributed by atoms with E-state index in [9.17, 15) is 4.39 Å². The number of aromatic nitrogens is 1. The fraction of sp³-hybridized carbons (Fsp3) is 0.550. The van der Waals surface area contributed by atoms with Gasteiger partial charge in [0.05, 0.1) is 19.8 Å². The molecule has 0 radical (unpaired) electrons. The number of aliphatic imine (C=N–C) groups is 1. The van der Waals surface area contributed by atoms with Gasteiger partial charge in [-0.1, -0.05) is 13.3 Å². The van der Waals surface area contributed by atoms with E-state index in [0.717, 1.165) is 48.3 Å². The minimum Gasteiger partial charge on any atom is -0.379 e. The molecular formula is C20H32FIN4O2. The summed E-state index contributed by atoms with van der Waals surface area (Å²) in [7, 11) is 1.73. The average molecular weight is 506 g/mol. The highest BCUT2D eigenvalue weighted by atomic mass is 127.